The van der Waals surface area contributed by atoms with Crippen LogP contribution in [0.2, 0.25) is 0 Å². The molecule has 1 aliphatic carbocycles. The molecule has 2 aliphatic rings. The fourth-order valence-corrected chi connectivity index (χ4v) is 4.60. The second kappa shape index (κ2) is 10.2. The topological polar surface area (TPSA) is 87.8 Å². The molecule has 28 heavy (non-hydrogen) atoms. The van der Waals surface area contributed by atoms with Crippen LogP contribution in [0.5, 0.6) is 0 Å². The van der Waals surface area contributed by atoms with Crippen molar-refractivity contribution in [2.24, 2.45) is 4.99 Å². The number of thioether (sulfide) groups is 1. The summed E-state index contributed by atoms with van der Waals surface area (Å²) in [5, 5.41) is 14.2. The van der Waals surface area contributed by atoms with E-state index in [1.54, 1.807) is 0 Å². The zero-order valence-corrected chi connectivity index (χ0v) is 18.1. The second-order valence-corrected chi connectivity index (χ2v) is 7.89. The van der Waals surface area contributed by atoms with Crippen LogP contribution >= 0.6 is 28.7 Å². The number of nitro benzene ring substituents is 1. The molecular weight excluding hydrogens is 451 g/mol. The number of anilines is 1. The van der Waals surface area contributed by atoms with E-state index >= 15 is 0 Å². The van der Waals surface area contributed by atoms with Gasteiger partial charge in [0, 0.05) is 24.9 Å². The standard InChI is InChI=1S/C18H23FN4O3S.BrH/c1-22-16(11-27-18(22)20-12-6-4-2-3-5-7-12)17(24)21-15-10-13(23(25)26)8-9-14(15)19;/h8-10,12,16H,2-7,11H2,1H3,(H,21,24);1H. The predicted octanol–water partition coefficient (Wildman–Crippen LogP) is 4.38. The summed E-state index contributed by atoms with van der Waals surface area (Å²) in [5.74, 6) is -0.574. The summed E-state index contributed by atoms with van der Waals surface area (Å²) in [6, 6.07) is 2.90. The molecule has 10 heteroatoms. The molecule has 0 radical (unpaired) electrons. The maximum absolute atomic E-state index is 13.9. The number of nitrogens with zero attached hydrogens (tertiary/aromatic N) is 3. The minimum atomic E-state index is -0.699. The Bertz CT molecular complexity index is 756. The van der Waals surface area contributed by atoms with Gasteiger partial charge in [0.05, 0.1) is 16.7 Å². The van der Waals surface area contributed by atoms with E-state index < -0.39 is 22.7 Å². The lowest BCUT2D eigenvalue weighted by atomic mass is 10.1. The Morgan fingerprint density at radius 1 is 1.32 bits per heavy atom. The number of hydrogen-bond acceptors (Lipinski definition) is 5. The van der Waals surface area contributed by atoms with Gasteiger partial charge in [-0.05, 0) is 18.9 Å². The highest BCUT2D eigenvalue weighted by atomic mass is 79.9. The molecule has 1 saturated heterocycles. The van der Waals surface area contributed by atoms with E-state index in [2.05, 4.69) is 5.32 Å². The van der Waals surface area contributed by atoms with E-state index in [0.717, 1.165) is 36.2 Å². The van der Waals surface area contributed by atoms with E-state index in [1.165, 1.54) is 37.4 Å². The highest BCUT2D eigenvalue weighted by molar-refractivity contribution is 8.93. The summed E-state index contributed by atoms with van der Waals surface area (Å²) < 4.78 is 13.9. The van der Waals surface area contributed by atoms with Gasteiger partial charge in [-0.1, -0.05) is 37.4 Å². The van der Waals surface area contributed by atoms with Crippen LogP contribution in [0.4, 0.5) is 15.8 Å². The third-order valence-electron chi connectivity index (χ3n) is 4.98. The van der Waals surface area contributed by atoms with Crippen LogP contribution in [0.3, 0.4) is 0 Å². The van der Waals surface area contributed by atoms with Crippen LogP contribution < -0.4 is 5.32 Å². The Morgan fingerprint density at radius 3 is 2.64 bits per heavy atom. The molecule has 1 unspecified atom stereocenters. The summed E-state index contributed by atoms with van der Waals surface area (Å²) >= 11 is 1.52. The summed E-state index contributed by atoms with van der Waals surface area (Å²) in [4.78, 5) is 29.5. The molecule has 0 bridgehead atoms. The number of amidine groups is 1. The lowest BCUT2D eigenvalue weighted by Gasteiger charge is -2.21. The number of benzene rings is 1. The molecule has 1 atom stereocenters. The zero-order chi connectivity index (χ0) is 19.4. The zero-order valence-electron chi connectivity index (χ0n) is 15.6. The van der Waals surface area contributed by atoms with Crippen molar-refractivity contribution in [1.29, 1.82) is 0 Å². The highest BCUT2D eigenvalue weighted by Crippen LogP contribution is 2.28. The number of carbonyl (C=O) groups excluding carboxylic acids is 1. The number of aliphatic imine (C=N–C) groups is 1. The Hall–Kier alpha value is -1.68. The van der Waals surface area contributed by atoms with Gasteiger partial charge in [-0.2, -0.15) is 0 Å². The van der Waals surface area contributed by atoms with Gasteiger partial charge in [0.2, 0.25) is 5.91 Å². The molecule has 1 saturated carbocycles. The molecule has 1 N–H and O–H groups in total. The van der Waals surface area contributed by atoms with Gasteiger partial charge in [0.1, 0.15) is 11.9 Å². The molecule has 0 aromatic heterocycles. The van der Waals surface area contributed by atoms with Gasteiger partial charge in [0.25, 0.3) is 5.69 Å². The molecule has 1 heterocycles. The van der Waals surface area contributed by atoms with Crippen molar-refractivity contribution < 1.29 is 14.1 Å². The molecule has 3 rings (SSSR count). The van der Waals surface area contributed by atoms with Crippen LogP contribution in [0, 0.1) is 15.9 Å². The SMILES string of the molecule is Br.CN1C(=NC2CCCCCC2)SCC1C(=O)Nc1cc([N+](=O)[O-])ccc1F. The number of non-ortho nitro benzene ring substituents is 1. The first-order chi connectivity index (χ1) is 13.0. The lowest BCUT2D eigenvalue weighted by molar-refractivity contribution is -0.384. The van der Waals surface area contributed by atoms with Crippen LogP contribution in [0.1, 0.15) is 38.5 Å². The smallest absolute Gasteiger partial charge is 0.271 e. The number of nitrogens with one attached hydrogen (secondary N) is 1. The molecule has 1 aliphatic heterocycles. The highest BCUT2D eigenvalue weighted by Gasteiger charge is 2.34. The van der Waals surface area contributed by atoms with Gasteiger partial charge in [-0.3, -0.25) is 19.9 Å². The minimum absolute atomic E-state index is 0. The first kappa shape index (κ1) is 22.6. The van der Waals surface area contributed by atoms with Crippen LogP contribution in [0.15, 0.2) is 23.2 Å². The van der Waals surface area contributed by atoms with E-state index in [9.17, 15) is 19.3 Å². The largest absolute Gasteiger partial charge is 0.342 e. The summed E-state index contributed by atoms with van der Waals surface area (Å²) in [6.45, 7) is 0. The fourth-order valence-electron chi connectivity index (χ4n) is 3.36. The first-order valence-electron chi connectivity index (χ1n) is 9.14. The Balaban J connectivity index is 0.00000280. The minimum Gasteiger partial charge on any atom is -0.342 e. The molecular formula is C18H24BrFN4O3S. The van der Waals surface area contributed by atoms with Gasteiger partial charge in [-0.15, -0.1) is 17.0 Å². The summed E-state index contributed by atoms with van der Waals surface area (Å²) in [6.07, 6.45) is 7.03. The third-order valence-corrected chi connectivity index (χ3v) is 6.11. The van der Waals surface area contributed by atoms with Crippen molar-refractivity contribution in [2.45, 2.75) is 50.6 Å². The molecule has 154 valence electrons. The van der Waals surface area contributed by atoms with E-state index in [-0.39, 0.29) is 28.4 Å². The van der Waals surface area contributed by atoms with Crippen molar-refractivity contribution in [3.63, 3.8) is 0 Å². The monoisotopic (exact) mass is 474 g/mol. The van der Waals surface area contributed by atoms with E-state index in [4.69, 9.17) is 4.99 Å². The fraction of sp³-hybridized carbons (Fsp3) is 0.556. The number of halogens is 2. The Kier molecular flexibility index (Phi) is 8.23. The average molecular weight is 475 g/mol. The maximum atomic E-state index is 13.9. The third kappa shape index (κ3) is 5.44. The van der Waals surface area contributed by atoms with Crippen molar-refractivity contribution >= 4 is 51.2 Å². The molecule has 7 nitrogen and oxygen atoms in total. The normalized spacial score (nSPS) is 21.9. The Morgan fingerprint density at radius 2 is 2.00 bits per heavy atom. The quantitative estimate of drug-likeness (QED) is 0.397. The summed E-state index contributed by atoms with van der Waals surface area (Å²) in [5.41, 5.74) is -0.446. The van der Waals surface area contributed by atoms with Gasteiger partial charge < -0.3 is 10.2 Å². The number of carbonyl (C=O) groups is 1. The van der Waals surface area contributed by atoms with Crippen LogP contribution in [-0.4, -0.2) is 45.8 Å². The molecule has 0 spiro atoms. The van der Waals surface area contributed by atoms with Crippen LogP contribution in [0.25, 0.3) is 0 Å². The van der Waals surface area contributed by atoms with Gasteiger partial charge >= 0.3 is 0 Å². The number of likely N-dealkylation sites (N-methyl/N-ethyl adjacent to an activating group) is 1. The average Bonchev–Trinajstić information content (AvgIpc) is 2.83. The number of rotatable bonds is 4. The molecule has 1 aromatic rings. The second-order valence-electron chi connectivity index (χ2n) is 6.91. The summed E-state index contributed by atoms with van der Waals surface area (Å²) in [7, 11) is 1.81. The molecule has 1 aromatic carbocycles. The van der Waals surface area contributed by atoms with E-state index in [1.807, 2.05) is 11.9 Å². The van der Waals surface area contributed by atoms with Crippen molar-refractivity contribution in [2.75, 3.05) is 18.1 Å². The number of hydrogen-bond donors (Lipinski definition) is 1. The van der Waals surface area contributed by atoms with Crippen molar-refractivity contribution in [1.82, 2.24) is 4.90 Å². The Labute approximate surface area is 178 Å². The van der Waals surface area contributed by atoms with Crippen LogP contribution in [-0.2, 0) is 4.79 Å². The van der Waals surface area contributed by atoms with Crippen molar-refractivity contribution in [3.8, 4) is 0 Å². The van der Waals surface area contributed by atoms with E-state index in [0.29, 0.717) is 11.8 Å². The predicted molar refractivity (Wildman–Crippen MR) is 115 cm³/mol. The lowest BCUT2D eigenvalue weighted by Crippen LogP contribution is -2.40. The van der Waals surface area contributed by atoms with Crippen molar-refractivity contribution in [3.05, 3.63) is 34.1 Å². The number of nitro groups is 1. The molecule has 2 fully saturated rings. The first-order valence-corrected chi connectivity index (χ1v) is 10.1. The van der Waals surface area contributed by atoms with Gasteiger partial charge in [0.15, 0.2) is 5.17 Å². The number of amides is 1. The van der Waals surface area contributed by atoms with Gasteiger partial charge in [-0.25, -0.2) is 4.39 Å². The maximum Gasteiger partial charge on any atom is 0.271 e. The molecule has 1 amide bonds.